The number of aromatic nitrogens is 1. The Morgan fingerprint density at radius 1 is 1.46 bits per heavy atom. The molecule has 0 amide bonds. The highest BCUT2D eigenvalue weighted by atomic mass is 35.5. The first kappa shape index (κ1) is 8.88. The van der Waals surface area contributed by atoms with Crippen LogP contribution in [0.15, 0.2) is 18.3 Å². The van der Waals surface area contributed by atoms with Crippen LogP contribution in [-0.2, 0) is 0 Å². The van der Waals surface area contributed by atoms with Gasteiger partial charge >= 0.3 is 0 Å². The lowest BCUT2D eigenvalue weighted by Gasteiger charge is -2.34. The third-order valence-corrected chi connectivity index (χ3v) is 2.58. The van der Waals surface area contributed by atoms with Crippen LogP contribution in [-0.4, -0.2) is 10.9 Å². The van der Waals surface area contributed by atoms with Gasteiger partial charge in [-0.15, -0.1) is 0 Å². The molecule has 0 saturated heterocycles. The van der Waals surface area contributed by atoms with Gasteiger partial charge < -0.3 is 0 Å². The van der Waals surface area contributed by atoms with E-state index in [1.807, 2.05) is 0 Å². The fourth-order valence-electron chi connectivity index (χ4n) is 1.55. The number of hydrogen-bond acceptors (Lipinski definition) is 1. The second-order valence-corrected chi connectivity index (χ2v) is 3.74. The summed E-state index contributed by atoms with van der Waals surface area (Å²) in [5, 5.41) is 0.489. The van der Waals surface area contributed by atoms with Crippen LogP contribution in [0.3, 0.4) is 0 Å². The number of nitrogens with zero attached hydrogens (tertiary/aromatic N) is 1. The van der Waals surface area contributed by atoms with Gasteiger partial charge in [0.05, 0.1) is 10.7 Å². The molecule has 1 aromatic rings. The van der Waals surface area contributed by atoms with Crippen molar-refractivity contribution in [3.05, 3.63) is 29.0 Å². The normalized spacial score (nSPS) is 21.2. The first-order chi connectivity index (χ1) is 6.08. The van der Waals surface area contributed by atoms with Crippen LogP contribution in [0.25, 0.3) is 0 Å². The Kier molecular flexibility index (Phi) is 1.99. The molecular weight excluding hydrogens is 196 g/mol. The molecule has 13 heavy (non-hydrogen) atoms. The van der Waals surface area contributed by atoms with E-state index in [0.29, 0.717) is 10.7 Å². The fraction of sp³-hybridized carbons (Fsp3) is 0.444. The third-order valence-electron chi connectivity index (χ3n) is 2.26. The molecule has 1 aliphatic carbocycles. The average Bonchev–Trinajstić information content (AvgIpc) is 2.01. The fourth-order valence-corrected chi connectivity index (χ4v) is 1.83. The van der Waals surface area contributed by atoms with E-state index in [-0.39, 0.29) is 18.8 Å². The summed E-state index contributed by atoms with van der Waals surface area (Å²) in [6.45, 7) is 0. The van der Waals surface area contributed by atoms with Gasteiger partial charge in [0.2, 0.25) is 5.92 Å². The van der Waals surface area contributed by atoms with E-state index in [4.69, 9.17) is 11.6 Å². The maximum atomic E-state index is 12.5. The Bertz CT molecular complexity index is 319. The van der Waals surface area contributed by atoms with Crippen molar-refractivity contribution in [3.8, 4) is 0 Å². The van der Waals surface area contributed by atoms with Gasteiger partial charge in [-0.2, -0.15) is 0 Å². The molecule has 1 saturated carbocycles. The highest BCUT2D eigenvalue weighted by Crippen LogP contribution is 2.48. The molecular formula is C9H8ClF2N. The average molecular weight is 204 g/mol. The van der Waals surface area contributed by atoms with E-state index >= 15 is 0 Å². The molecule has 1 aromatic heterocycles. The zero-order valence-electron chi connectivity index (χ0n) is 6.80. The number of alkyl halides is 2. The van der Waals surface area contributed by atoms with Gasteiger partial charge in [-0.05, 0) is 12.1 Å². The van der Waals surface area contributed by atoms with Gasteiger partial charge in [-0.25, -0.2) is 8.78 Å². The van der Waals surface area contributed by atoms with E-state index in [2.05, 4.69) is 4.98 Å². The maximum Gasteiger partial charge on any atom is 0.249 e. The Morgan fingerprint density at radius 2 is 2.15 bits per heavy atom. The Balaban J connectivity index is 2.16. The standard InChI is InChI=1S/C9H8ClF2N/c10-7-2-1-3-13-8(7)6-4-9(11,12)5-6/h1-3,6H,4-5H2. The van der Waals surface area contributed by atoms with Gasteiger partial charge in [-0.1, -0.05) is 11.6 Å². The number of halogens is 3. The Labute approximate surface area is 79.7 Å². The topological polar surface area (TPSA) is 12.9 Å². The Morgan fingerprint density at radius 3 is 2.69 bits per heavy atom. The third kappa shape index (κ3) is 1.66. The molecule has 0 spiro atoms. The summed E-state index contributed by atoms with van der Waals surface area (Å²) in [4.78, 5) is 4.00. The zero-order chi connectivity index (χ0) is 9.47. The molecule has 70 valence electrons. The van der Waals surface area contributed by atoms with Crippen molar-refractivity contribution in [2.45, 2.75) is 24.7 Å². The van der Waals surface area contributed by atoms with Crippen LogP contribution < -0.4 is 0 Å². The molecule has 1 fully saturated rings. The van der Waals surface area contributed by atoms with Crippen molar-refractivity contribution in [2.24, 2.45) is 0 Å². The summed E-state index contributed by atoms with van der Waals surface area (Å²) in [5.41, 5.74) is 0.607. The monoisotopic (exact) mass is 203 g/mol. The van der Waals surface area contributed by atoms with E-state index in [1.54, 1.807) is 18.3 Å². The van der Waals surface area contributed by atoms with Crippen molar-refractivity contribution in [1.29, 1.82) is 0 Å². The molecule has 2 rings (SSSR count). The van der Waals surface area contributed by atoms with Gasteiger partial charge in [0, 0.05) is 25.0 Å². The lowest BCUT2D eigenvalue weighted by atomic mass is 9.79. The highest BCUT2D eigenvalue weighted by Gasteiger charge is 2.47. The van der Waals surface area contributed by atoms with Crippen molar-refractivity contribution in [1.82, 2.24) is 4.98 Å². The van der Waals surface area contributed by atoms with Crippen LogP contribution >= 0.6 is 11.6 Å². The summed E-state index contributed by atoms with van der Waals surface area (Å²) >= 11 is 5.82. The first-order valence-corrected chi connectivity index (χ1v) is 4.44. The number of rotatable bonds is 1. The zero-order valence-corrected chi connectivity index (χ0v) is 7.56. The van der Waals surface area contributed by atoms with Crippen molar-refractivity contribution in [2.75, 3.05) is 0 Å². The minimum absolute atomic E-state index is 0.121. The van der Waals surface area contributed by atoms with E-state index < -0.39 is 5.92 Å². The van der Waals surface area contributed by atoms with Crippen LogP contribution in [0.1, 0.15) is 24.5 Å². The van der Waals surface area contributed by atoms with Gasteiger partial charge in [0.1, 0.15) is 0 Å². The lowest BCUT2D eigenvalue weighted by molar-refractivity contribution is -0.0875. The molecule has 0 unspecified atom stereocenters. The summed E-state index contributed by atoms with van der Waals surface area (Å²) in [6, 6.07) is 3.38. The van der Waals surface area contributed by atoms with Crippen molar-refractivity contribution in [3.63, 3.8) is 0 Å². The summed E-state index contributed by atoms with van der Waals surface area (Å²) in [5.74, 6) is -2.67. The van der Waals surface area contributed by atoms with Gasteiger partial charge in [-0.3, -0.25) is 4.98 Å². The molecule has 0 N–H and O–H groups in total. The predicted octanol–water partition coefficient (Wildman–Crippen LogP) is 3.25. The minimum atomic E-state index is -2.51. The molecule has 0 atom stereocenters. The number of hydrogen-bond donors (Lipinski definition) is 0. The lowest BCUT2D eigenvalue weighted by Crippen LogP contribution is -2.34. The minimum Gasteiger partial charge on any atom is -0.259 e. The van der Waals surface area contributed by atoms with Crippen LogP contribution in [0.2, 0.25) is 5.02 Å². The van der Waals surface area contributed by atoms with Crippen LogP contribution in [0.4, 0.5) is 8.78 Å². The quantitative estimate of drug-likeness (QED) is 0.683. The summed E-state index contributed by atoms with van der Waals surface area (Å²) < 4.78 is 25.1. The molecule has 0 radical (unpaired) electrons. The van der Waals surface area contributed by atoms with E-state index in [9.17, 15) is 8.78 Å². The van der Waals surface area contributed by atoms with Crippen molar-refractivity contribution < 1.29 is 8.78 Å². The molecule has 1 aliphatic rings. The second kappa shape index (κ2) is 2.91. The molecule has 1 heterocycles. The largest absolute Gasteiger partial charge is 0.259 e. The van der Waals surface area contributed by atoms with E-state index in [0.717, 1.165) is 0 Å². The van der Waals surface area contributed by atoms with Crippen LogP contribution in [0.5, 0.6) is 0 Å². The summed E-state index contributed by atoms with van der Waals surface area (Å²) in [6.07, 6.45) is 1.34. The van der Waals surface area contributed by atoms with Gasteiger partial charge in [0.25, 0.3) is 0 Å². The Hall–Kier alpha value is -0.700. The maximum absolute atomic E-state index is 12.5. The summed E-state index contributed by atoms with van der Waals surface area (Å²) in [7, 11) is 0. The molecule has 1 nitrogen and oxygen atoms in total. The molecule has 4 heteroatoms. The SMILES string of the molecule is FC1(F)CC(c2ncccc2Cl)C1. The second-order valence-electron chi connectivity index (χ2n) is 3.33. The molecule has 0 aromatic carbocycles. The van der Waals surface area contributed by atoms with E-state index in [1.165, 1.54) is 0 Å². The van der Waals surface area contributed by atoms with Gasteiger partial charge in [0.15, 0.2) is 0 Å². The number of pyridine rings is 1. The van der Waals surface area contributed by atoms with Crippen molar-refractivity contribution >= 4 is 11.6 Å². The molecule has 0 aliphatic heterocycles. The van der Waals surface area contributed by atoms with Crippen LogP contribution in [0, 0.1) is 0 Å². The first-order valence-electron chi connectivity index (χ1n) is 4.07. The highest BCUT2D eigenvalue weighted by molar-refractivity contribution is 6.31. The predicted molar refractivity (Wildman–Crippen MR) is 46.2 cm³/mol. The molecule has 0 bridgehead atoms. The smallest absolute Gasteiger partial charge is 0.249 e.